The molecule has 2 aliphatic rings. The van der Waals surface area contributed by atoms with Crippen LogP contribution >= 0.6 is 0 Å². The van der Waals surface area contributed by atoms with Crippen molar-refractivity contribution in [3.63, 3.8) is 0 Å². The predicted molar refractivity (Wildman–Crippen MR) is 82.7 cm³/mol. The summed E-state index contributed by atoms with van der Waals surface area (Å²) >= 11 is 0. The van der Waals surface area contributed by atoms with Crippen LogP contribution in [-0.4, -0.2) is 40.0 Å². The highest BCUT2D eigenvalue weighted by molar-refractivity contribution is 6.23. The Kier molecular flexibility index (Phi) is 3.88. The van der Waals surface area contributed by atoms with Gasteiger partial charge < -0.3 is 5.32 Å². The summed E-state index contributed by atoms with van der Waals surface area (Å²) in [5, 5.41) is 14.2. The number of nitro groups is 1. The Hall–Kier alpha value is -3.03. The number of imide groups is 1. The standard InChI is InChI=1S/C16H15N3O5/c1-9(14(20)13(19(23)24)12-7-4-8-17-12)18-15(21)10-5-2-3-6-11(10)16(18)22/h2-3,5-6,9,17H,4,7-8H2,1H3. The van der Waals surface area contributed by atoms with Crippen molar-refractivity contribution in [2.45, 2.75) is 25.8 Å². The molecule has 3 rings (SSSR count). The molecule has 8 heteroatoms. The number of hydrogen-bond acceptors (Lipinski definition) is 6. The molecule has 1 aromatic rings. The lowest BCUT2D eigenvalue weighted by Gasteiger charge is -2.20. The van der Waals surface area contributed by atoms with E-state index in [-0.39, 0.29) is 16.8 Å². The number of rotatable bonds is 4. The average Bonchev–Trinajstić information content (AvgIpc) is 3.15. The maximum Gasteiger partial charge on any atom is 0.332 e. The lowest BCUT2D eigenvalue weighted by molar-refractivity contribution is -0.420. The molecular formula is C16H15N3O5. The van der Waals surface area contributed by atoms with Gasteiger partial charge in [-0.2, -0.15) is 0 Å². The monoisotopic (exact) mass is 329 g/mol. The lowest BCUT2D eigenvalue weighted by Crippen LogP contribution is -2.44. The van der Waals surface area contributed by atoms with E-state index in [1.54, 1.807) is 12.1 Å². The zero-order valence-electron chi connectivity index (χ0n) is 12.9. The Morgan fingerprint density at radius 2 is 1.83 bits per heavy atom. The van der Waals surface area contributed by atoms with Gasteiger partial charge >= 0.3 is 5.70 Å². The smallest absolute Gasteiger partial charge is 0.332 e. The molecule has 1 N–H and O–H groups in total. The van der Waals surface area contributed by atoms with Gasteiger partial charge in [0.25, 0.3) is 17.6 Å². The highest BCUT2D eigenvalue weighted by atomic mass is 16.6. The summed E-state index contributed by atoms with van der Waals surface area (Å²) in [5.41, 5.74) is 0.0953. The van der Waals surface area contributed by atoms with Crippen LogP contribution in [-0.2, 0) is 4.79 Å². The molecule has 0 bridgehead atoms. The van der Waals surface area contributed by atoms with Crippen LogP contribution in [0.5, 0.6) is 0 Å². The van der Waals surface area contributed by atoms with E-state index in [0.29, 0.717) is 19.4 Å². The van der Waals surface area contributed by atoms with E-state index in [2.05, 4.69) is 5.32 Å². The largest absolute Gasteiger partial charge is 0.383 e. The van der Waals surface area contributed by atoms with Crippen LogP contribution in [0.3, 0.4) is 0 Å². The minimum Gasteiger partial charge on any atom is -0.383 e. The van der Waals surface area contributed by atoms with E-state index >= 15 is 0 Å². The number of allylic oxidation sites excluding steroid dienone is 1. The van der Waals surface area contributed by atoms with E-state index in [1.807, 2.05) is 0 Å². The fourth-order valence-corrected chi connectivity index (χ4v) is 3.02. The zero-order valence-corrected chi connectivity index (χ0v) is 12.9. The number of carbonyl (C=O) groups is 3. The molecular weight excluding hydrogens is 314 g/mol. The van der Waals surface area contributed by atoms with E-state index < -0.39 is 34.3 Å². The summed E-state index contributed by atoms with van der Waals surface area (Å²) in [4.78, 5) is 48.8. The third-order valence-electron chi connectivity index (χ3n) is 4.24. The summed E-state index contributed by atoms with van der Waals surface area (Å²) in [5.74, 6) is -2.06. The average molecular weight is 329 g/mol. The molecule has 1 fully saturated rings. The first-order valence-electron chi connectivity index (χ1n) is 7.56. The second-order valence-electron chi connectivity index (χ2n) is 5.68. The summed E-state index contributed by atoms with van der Waals surface area (Å²) in [6, 6.07) is 4.99. The Labute approximate surface area is 137 Å². The molecule has 24 heavy (non-hydrogen) atoms. The van der Waals surface area contributed by atoms with Gasteiger partial charge in [-0.25, -0.2) is 0 Å². The fraction of sp³-hybridized carbons (Fsp3) is 0.312. The van der Waals surface area contributed by atoms with Gasteiger partial charge in [0.15, 0.2) is 0 Å². The topological polar surface area (TPSA) is 110 Å². The molecule has 0 aliphatic carbocycles. The molecule has 0 radical (unpaired) electrons. The molecule has 0 saturated carbocycles. The van der Waals surface area contributed by atoms with Gasteiger partial charge in [0.05, 0.1) is 21.7 Å². The van der Waals surface area contributed by atoms with Gasteiger partial charge in [-0.05, 0) is 31.9 Å². The third kappa shape index (κ3) is 2.36. The van der Waals surface area contributed by atoms with Crippen LogP contribution < -0.4 is 5.32 Å². The molecule has 0 aromatic heterocycles. The van der Waals surface area contributed by atoms with Crippen molar-refractivity contribution in [2.24, 2.45) is 0 Å². The van der Waals surface area contributed by atoms with Gasteiger partial charge in [0, 0.05) is 6.54 Å². The molecule has 2 aliphatic heterocycles. The molecule has 8 nitrogen and oxygen atoms in total. The number of amides is 2. The molecule has 1 unspecified atom stereocenters. The van der Waals surface area contributed by atoms with E-state index in [0.717, 1.165) is 4.90 Å². The fourth-order valence-electron chi connectivity index (χ4n) is 3.02. The second kappa shape index (κ2) is 5.88. The van der Waals surface area contributed by atoms with Crippen LogP contribution in [0.25, 0.3) is 0 Å². The Bertz CT molecular complexity index is 756. The molecule has 124 valence electrons. The summed E-state index contributed by atoms with van der Waals surface area (Å²) in [6.45, 7) is 1.89. The van der Waals surface area contributed by atoms with E-state index in [9.17, 15) is 24.5 Å². The van der Waals surface area contributed by atoms with E-state index in [4.69, 9.17) is 0 Å². The number of fused-ring (bicyclic) bond motifs is 1. The van der Waals surface area contributed by atoms with Gasteiger partial charge in [-0.15, -0.1) is 0 Å². The van der Waals surface area contributed by atoms with Crippen molar-refractivity contribution < 1.29 is 19.3 Å². The normalized spacial score (nSPS) is 19.8. The third-order valence-corrected chi connectivity index (χ3v) is 4.24. The highest BCUT2D eigenvalue weighted by Gasteiger charge is 2.44. The highest BCUT2D eigenvalue weighted by Crippen LogP contribution is 2.26. The van der Waals surface area contributed by atoms with Crippen LogP contribution in [0.4, 0.5) is 0 Å². The molecule has 0 spiro atoms. The summed E-state index contributed by atoms with van der Waals surface area (Å²) in [7, 11) is 0. The van der Waals surface area contributed by atoms with Crippen molar-refractivity contribution in [1.29, 1.82) is 0 Å². The number of ketones is 1. The number of nitrogens with one attached hydrogen (secondary N) is 1. The van der Waals surface area contributed by atoms with Crippen molar-refractivity contribution in [3.8, 4) is 0 Å². The molecule has 1 atom stereocenters. The zero-order chi connectivity index (χ0) is 17.4. The van der Waals surface area contributed by atoms with Crippen molar-refractivity contribution in [1.82, 2.24) is 10.2 Å². The number of benzene rings is 1. The number of Topliss-reactive ketones (excluding diaryl/α,β-unsaturated/α-hetero) is 1. The maximum atomic E-state index is 12.6. The molecule has 1 aromatic carbocycles. The second-order valence-corrected chi connectivity index (χ2v) is 5.68. The minimum atomic E-state index is -1.24. The van der Waals surface area contributed by atoms with Crippen molar-refractivity contribution in [3.05, 3.63) is 56.9 Å². The first-order valence-corrected chi connectivity index (χ1v) is 7.56. The minimum absolute atomic E-state index is 0.205. The van der Waals surface area contributed by atoms with E-state index in [1.165, 1.54) is 19.1 Å². The molecule has 2 amide bonds. The van der Waals surface area contributed by atoms with Crippen LogP contribution in [0.1, 0.15) is 40.5 Å². The van der Waals surface area contributed by atoms with Crippen LogP contribution in [0, 0.1) is 10.1 Å². The first kappa shape index (κ1) is 15.9. The van der Waals surface area contributed by atoms with Gasteiger partial charge in [-0.1, -0.05) is 12.1 Å². The Morgan fingerprint density at radius 3 is 2.29 bits per heavy atom. The Balaban J connectivity index is 1.95. The van der Waals surface area contributed by atoms with Gasteiger partial charge in [0.1, 0.15) is 6.04 Å². The Morgan fingerprint density at radius 1 is 1.25 bits per heavy atom. The number of nitrogens with zero attached hydrogens (tertiary/aromatic N) is 2. The van der Waals surface area contributed by atoms with Gasteiger partial charge in [0.2, 0.25) is 0 Å². The van der Waals surface area contributed by atoms with Crippen molar-refractivity contribution >= 4 is 17.6 Å². The number of carbonyl (C=O) groups excluding carboxylic acids is 3. The van der Waals surface area contributed by atoms with Crippen LogP contribution in [0.15, 0.2) is 35.7 Å². The SMILES string of the molecule is CC(C(=O)C(=C1CCCN1)[N+](=O)[O-])N1C(=O)c2ccccc2C1=O. The molecule has 2 heterocycles. The summed E-state index contributed by atoms with van der Waals surface area (Å²) < 4.78 is 0. The predicted octanol–water partition coefficient (Wildman–Crippen LogP) is 1.11. The summed E-state index contributed by atoms with van der Waals surface area (Å²) in [6.07, 6.45) is 1.10. The molecule has 1 saturated heterocycles. The van der Waals surface area contributed by atoms with Crippen LogP contribution in [0.2, 0.25) is 0 Å². The number of hydrogen-bond donors (Lipinski definition) is 1. The first-order chi connectivity index (χ1) is 11.4. The maximum absolute atomic E-state index is 12.6. The van der Waals surface area contributed by atoms with Gasteiger partial charge in [-0.3, -0.25) is 29.4 Å². The lowest BCUT2D eigenvalue weighted by atomic mass is 10.1. The van der Waals surface area contributed by atoms with Crippen molar-refractivity contribution in [2.75, 3.05) is 6.54 Å². The quantitative estimate of drug-likeness (QED) is 0.383.